The van der Waals surface area contributed by atoms with Crippen LogP contribution in [0, 0.1) is 5.92 Å². The summed E-state index contributed by atoms with van der Waals surface area (Å²) in [6.45, 7) is 0.912. The second-order valence-electron chi connectivity index (χ2n) is 3.65. The highest BCUT2D eigenvalue weighted by molar-refractivity contribution is 5.81. The minimum Gasteiger partial charge on any atom is -0.309 e. The number of carbonyl (C=O) groups is 1. The fraction of sp³-hybridized carbons (Fsp3) is 0.889. The average Bonchev–Trinajstić information content (AvgIpc) is 1.79. The molecule has 0 spiro atoms. The van der Waals surface area contributed by atoms with Crippen LogP contribution in [0.4, 0.5) is 0 Å². The Morgan fingerprint density at radius 3 is 2.45 bits per heavy atom. The van der Waals surface area contributed by atoms with Gasteiger partial charge in [-0.1, -0.05) is 6.42 Å². The van der Waals surface area contributed by atoms with Crippen LogP contribution >= 0.6 is 0 Å². The van der Waals surface area contributed by atoms with Crippen molar-refractivity contribution in [2.75, 3.05) is 20.6 Å². The third kappa shape index (κ3) is 2.62. The zero-order valence-corrected chi connectivity index (χ0v) is 7.47. The van der Waals surface area contributed by atoms with Crippen molar-refractivity contribution in [3.8, 4) is 0 Å². The lowest BCUT2D eigenvalue weighted by Crippen LogP contribution is -2.25. The molecule has 0 amide bonds. The molecule has 1 aliphatic rings. The van der Waals surface area contributed by atoms with Gasteiger partial charge in [0.2, 0.25) is 0 Å². The van der Waals surface area contributed by atoms with Crippen LogP contribution in [0.15, 0.2) is 0 Å². The molecule has 0 saturated heterocycles. The van der Waals surface area contributed by atoms with E-state index in [9.17, 15) is 4.79 Å². The number of hydrogen-bond donors (Lipinski definition) is 0. The number of ketones is 1. The normalized spacial score (nSPS) is 18.5. The molecule has 2 heteroatoms. The molecule has 0 aromatic carbocycles. The number of Topliss-reactive ketones (excluding diaryl/α,β-unsaturated/α-hetero) is 1. The molecule has 1 rings (SSSR count). The molecule has 1 aliphatic carbocycles. The first kappa shape index (κ1) is 8.72. The van der Waals surface area contributed by atoms with Gasteiger partial charge >= 0.3 is 0 Å². The van der Waals surface area contributed by atoms with E-state index in [1.165, 1.54) is 6.42 Å². The van der Waals surface area contributed by atoms with Crippen LogP contribution in [0.2, 0.25) is 0 Å². The SMILES string of the molecule is CN(C)CCC(=O)C1CCC1. The molecule has 0 unspecified atom stereocenters. The first-order chi connectivity index (χ1) is 5.20. The third-order valence-corrected chi connectivity index (χ3v) is 2.37. The lowest BCUT2D eigenvalue weighted by molar-refractivity contribution is -0.125. The van der Waals surface area contributed by atoms with Gasteiger partial charge in [-0.25, -0.2) is 0 Å². The number of rotatable bonds is 4. The topological polar surface area (TPSA) is 20.3 Å². The Morgan fingerprint density at radius 1 is 1.45 bits per heavy atom. The van der Waals surface area contributed by atoms with Gasteiger partial charge < -0.3 is 4.90 Å². The van der Waals surface area contributed by atoms with E-state index < -0.39 is 0 Å². The molecule has 0 aromatic heterocycles. The molecule has 0 radical (unpaired) electrons. The van der Waals surface area contributed by atoms with E-state index in [0.29, 0.717) is 11.7 Å². The van der Waals surface area contributed by atoms with Crippen molar-refractivity contribution >= 4 is 5.78 Å². The van der Waals surface area contributed by atoms with E-state index >= 15 is 0 Å². The van der Waals surface area contributed by atoms with E-state index in [4.69, 9.17) is 0 Å². The van der Waals surface area contributed by atoms with Gasteiger partial charge in [0.15, 0.2) is 0 Å². The zero-order chi connectivity index (χ0) is 8.27. The highest BCUT2D eigenvalue weighted by atomic mass is 16.1. The van der Waals surface area contributed by atoms with Crippen LogP contribution in [-0.4, -0.2) is 31.3 Å². The third-order valence-electron chi connectivity index (χ3n) is 2.37. The van der Waals surface area contributed by atoms with E-state index in [0.717, 1.165) is 25.8 Å². The molecule has 2 nitrogen and oxygen atoms in total. The van der Waals surface area contributed by atoms with Gasteiger partial charge in [0, 0.05) is 18.9 Å². The summed E-state index contributed by atoms with van der Waals surface area (Å²) in [5.74, 6) is 0.903. The standard InChI is InChI=1S/C9H17NO/c1-10(2)7-6-9(11)8-4-3-5-8/h8H,3-7H2,1-2H3. The molecule has 0 bridgehead atoms. The van der Waals surface area contributed by atoms with Gasteiger partial charge in [-0.05, 0) is 26.9 Å². The molecule has 0 atom stereocenters. The van der Waals surface area contributed by atoms with E-state index in [1.54, 1.807) is 0 Å². The first-order valence-electron chi connectivity index (χ1n) is 4.37. The molecule has 0 aliphatic heterocycles. The van der Waals surface area contributed by atoms with Crippen molar-refractivity contribution in [1.82, 2.24) is 4.90 Å². The summed E-state index contributed by atoms with van der Waals surface area (Å²) in [4.78, 5) is 13.4. The molecule has 1 saturated carbocycles. The van der Waals surface area contributed by atoms with Crippen molar-refractivity contribution < 1.29 is 4.79 Å². The van der Waals surface area contributed by atoms with Crippen LogP contribution in [0.5, 0.6) is 0 Å². The zero-order valence-electron chi connectivity index (χ0n) is 7.47. The lowest BCUT2D eigenvalue weighted by Gasteiger charge is -2.24. The van der Waals surface area contributed by atoms with Crippen molar-refractivity contribution in [2.45, 2.75) is 25.7 Å². The van der Waals surface area contributed by atoms with E-state index in [1.807, 2.05) is 14.1 Å². The van der Waals surface area contributed by atoms with Crippen molar-refractivity contribution in [1.29, 1.82) is 0 Å². The largest absolute Gasteiger partial charge is 0.309 e. The van der Waals surface area contributed by atoms with Gasteiger partial charge in [0.1, 0.15) is 5.78 Å². The molecule has 11 heavy (non-hydrogen) atoms. The van der Waals surface area contributed by atoms with E-state index in [-0.39, 0.29) is 0 Å². The molecule has 64 valence electrons. The predicted octanol–water partition coefficient (Wildman–Crippen LogP) is 1.31. The summed E-state index contributed by atoms with van der Waals surface area (Å²) < 4.78 is 0. The Balaban J connectivity index is 2.10. The Morgan fingerprint density at radius 2 is 2.09 bits per heavy atom. The molecule has 0 aromatic rings. The monoisotopic (exact) mass is 155 g/mol. The minimum atomic E-state index is 0.426. The van der Waals surface area contributed by atoms with Crippen LogP contribution < -0.4 is 0 Å². The fourth-order valence-corrected chi connectivity index (χ4v) is 1.27. The molecule has 1 fully saturated rings. The summed E-state index contributed by atoms with van der Waals surface area (Å²) in [6.07, 6.45) is 4.30. The smallest absolute Gasteiger partial charge is 0.137 e. The Hall–Kier alpha value is -0.370. The average molecular weight is 155 g/mol. The van der Waals surface area contributed by atoms with Crippen LogP contribution in [0.25, 0.3) is 0 Å². The van der Waals surface area contributed by atoms with Gasteiger partial charge in [-0.3, -0.25) is 4.79 Å². The second kappa shape index (κ2) is 3.86. The molecular formula is C9H17NO. The maximum absolute atomic E-state index is 11.3. The maximum Gasteiger partial charge on any atom is 0.137 e. The number of hydrogen-bond acceptors (Lipinski definition) is 2. The number of carbonyl (C=O) groups excluding carboxylic acids is 1. The summed E-state index contributed by atoms with van der Waals surface area (Å²) in [6, 6.07) is 0. The van der Waals surface area contributed by atoms with E-state index in [2.05, 4.69) is 4.90 Å². The van der Waals surface area contributed by atoms with Gasteiger partial charge in [-0.2, -0.15) is 0 Å². The highest BCUT2D eigenvalue weighted by Crippen LogP contribution is 2.27. The summed E-state index contributed by atoms with van der Waals surface area (Å²) >= 11 is 0. The van der Waals surface area contributed by atoms with Gasteiger partial charge in [-0.15, -0.1) is 0 Å². The first-order valence-corrected chi connectivity index (χ1v) is 4.37. The van der Waals surface area contributed by atoms with Crippen molar-refractivity contribution in [2.24, 2.45) is 5.92 Å². The lowest BCUT2D eigenvalue weighted by atomic mass is 9.81. The van der Waals surface area contributed by atoms with Gasteiger partial charge in [0.05, 0.1) is 0 Å². The molecular weight excluding hydrogens is 138 g/mol. The highest BCUT2D eigenvalue weighted by Gasteiger charge is 2.24. The van der Waals surface area contributed by atoms with Crippen LogP contribution in [-0.2, 0) is 4.79 Å². The molecule has 0 heterocycles. The fourth-order valence-electron chi connectivity index (χ4n) is 1.27. The maximum atomic E-state index is 11.3. The van der Waals surface area contributed by atoms with Crippen LogP contribution in [0.3, 0.4) is 0 Å². The Labute approximate surface area is 68.6 Å². The van der Waals surface area contributed by atoms with Crippen molar-refractivity contribution in [3.63, 3.8) is 0 Å². The number of nitrogens with zero attached hydrogens (tertiary/aromatic N) is 1. The summed E-state index contributed by atoms with van der Waals surface area (Å²) in [7, 11) is 4.02. The van der Waals surface area contributed by atoms with Crippen molar-refractivity contribution in [3.05, 3.63) is 0 Å². The Bertz CT molecular complexity index is 138. The van der Waals surface area contributed by atoms with Gasteiger partial charge in [0.25, 0.3) is 0 Å². The predicted molar refractivity (Wildman–Crippen MR) is 45.5 cm³/mol. The summed E-state index contributed by atoms with van der Waals surface area (Å²) in [5.41, 5.74) is 0. The molecule has 0 N–H and O–H groups in total. The quantitative estimate of drug-likeness (QED) is 0.610. The van der Waals surface area contributed by atoms with Crippen LogP contribution in [0.1, 0.15) is 25.7 Å². The Kier molecular flexibility index (Phi) is 3.06. The second-order valence-corrected chi connectivity index (χ2v) is 3.65. The minimum absolute atomic E-state index is 0.426. The summed E-state index contributed by atoms with van der Waals surface area (Å²) in [5, 5.41) is 0.